The summed E-state index contributed by atoms with van der Waals surface area (Å²) in [6.45, 7) is 4.92. The van der Waals surface area contributed by atoms with Crippen molar-refractivity contribution in [1.82, 2.24) is 0 Å². The van der Waals surface area contributed by atoms with E-state index in [2.05, 4.69) is 0 Å². The van der Waals surface area contributed by atoms with Crippen molar-refractivity contribution in [2.45, 2.75) is 102 Å². The van der Waals surface area contributed by atoms with Crippen LogP contribution < -0.4 is 0 Å². The normalized spacial score (nSPS) is 53.9. The number of carbonyl (C=O) groups is 3. The van der Waals surface area contributed by atoms with Crippen molar-refractivity contribution < 1.29 is 33.7 Å². The number of rotatable bonds is 4. The third-order valence-corrected chi connectivity index (χ3v) is 13.5. The topological polar surface area (TPSA) is 101 Å². The van der Waals surface area contributed by atoms with Gasteiger partial charge in [0.2, 0.25) is 5.78 Å². The minimum Gasteiger partial charge on any atom is -0.457 e. The SMILES string of the molecule is C[C@H]1C[C@H]2[C@@H]3CCC4=CC(=O)C=C[C@]4(C)[C@@]3(F)[C@@H](O)C[C@]2(C)[C@@]1(O)C(=O)COC(=O)C12CC3CC(CC(C3)C1)C2. The van der Waals surface area contributed by atoms with Crippen molar-refractivity contribution in [1.29, 1.82) is 0 Å². The number of halogens is 1. The Morgan fingerprint density at radius 3 is 2.27 bits per heavy atom. The molecule has 7 saturated carbocycles. The van der Waals surface area contributed by atoms with Gasteiger partial charge in [-0.1, -0.05) is 25.5 Å². The Morgan fingerprint density at radius 2 is 1.65 bits per heavy atom. The molecule has 4 bridgehead atoms. The van der Waals surface area contributed by atoms with Crippen LogP contribution in [0.25, 0.3) is 0 Å². The predicted molar refractivity (Wildman–Crippen MR) is 144 cm³/mol. The van der Waals surface area contributed by atoms with Crippen molar-refractivity contribution in [2.24, 2.45) is 51.8 Å². The van der Waals surface area contributed by atoms with Crippen molar-refractivity contribution in [3.8, 4) is 0 Å². The van der Waals surface area contributed by atoms with Gasteiger partial charge in [-0.3, -0.25) is 14.4 Å². The quantitative estimate of drug-likeness (QED) is 0.490. The Labute approximate surface area is 235 Å². The molecule has 0 aliphatic heterocycles. The fourth-order valence-corrected chi connectivity index (χ4v) is 11.9. The molecule has 0 unspecified atom stereocenters. The molecule has 0 aromatic carbocycles. The van der Waals surface area contributed by atoms with Crippen LogP contribution in [0.2, 0.25) is 0 Å². The van der Waals surface area contributed by atoms with Gasteiger partial charge >= 0.3 is 5.97 Å². The number of Topliss-reactive ketones (excluding diaryl/α,β-unsaturated/α-hetero) is 1. The summed E-state index contributed by atoms with van der Waals surface area (Å²) in [7, 11) is 0. The second kappa shape index (κ2) is 8.37. The number of hydrogen-bond acceptors (Lipinski definition) is 6. The van der Waals surface area contributed by atoms with Crippen LogP contribution in [0.1, 0.15) is 85.0 Å². The molecular formula is C33H43FO6. The van der Waals surface area contributed by atoms with Crippen LogP contribution in [0, 0.1) is 51.8 Å². The molecule has 7 fully saturated rings. The van der Waals surface area contributed by atoms with Crippen molar-refractivity contribution in [2.75, 3.05) is 6.61 Å². The molecule has 0 spiro atoms. The smallest absolute Gasteiger partial charge is 0.312 e. The molecule has 8 aliphatic carbocycles. The average Bonchev–Trinajstić information content (AvgIpc) is 3.09. The van der Waals surface area contributed by atoms with Crippen LogP contribution >= 0.6 is 0 Å². The molecule has 7 heteroatoms. The lowest BCUT2D eigenvalue weighted by atomic mass is 9.44. The highest BCUT2D eigenvalue weighted by atomic mass is 19.1. The summed E-state index contributed by atoms with van der Waals surface area (Å²) >= 11 is 0. The van der Waals surface area contributed by atoms with Crippen LogP contribution in [0.4, 0.5) is 4.39 Å². The van der Waals surface area contributed by atoms with E-state index < -0.39 is 57.8 Å². The summed E-state index contributed by atoms with van der Waals surface area (Å²) < 4.78 is 23.1. The molecule has 40 heavy (non-hydrogen) atoms. The highest BCUT2D eigenvalue weighted by molar-refractivity contribution is 6.01. The van der Waals surface area contributed by atoms with Crippen LogP contribution in [0.5, 0.6) is 0 Å². The fourth-order valence-electron chi connectivity index (χ4n) is 11.9. The van der Waals surface area contributed by atoms with E-state index in [-0.39, 0.29) is 24.1 Å². The maximum Gasteiger partial charge on any atom is 0.312 e. The predicted octanol–water partition coefficient (Wildman–Crippen LogP) is 4.66. The van der Waals surface area contributed by atoms with Gasteiger partial charge in [0.15, 0.2) is 18.1 Å². The van der Waals surface area contributed by atoms with E-state index in [0.717, 1.165) is 19.3 Å². The van der Waals surface area contributed by atoms with E-state index in [9.17, 15) is 24.6 Å². The number of ketones is 2. The molecule has 218 valence electrons. The number of aliphatic hydroxyl groups is 2. The Bertz CT molecular complexity index is 1200. The first-order chi connectivity index (χ1) is 18.8. The van der Waals surface area contributed by atoms with Crippen LogP contribution in [-0.2, 0) is 19.1 Å². The van der Waals surface area contributed by atoms with Gasteiger partial charge in [0.25, 0.3) is 0 Å². The lowest BCUT2D eigenvalue weighted by molar-refractivity contribution is -0.220. The third kappa shape index (κ3) is 3.20. The highest BCUT2D eigenvalue weighted by Crippen LogP contribution is 2.70. The van der Waals surface area contributed by atoms with Crippen LogP contribution in [-0.4, -0.2) is 51.7 Å². The minimum absolute atomic E-state index is 0.0785. The standard InChI is InChI=1S/C33H43FO6/c1-18-8-25-24-5-4-22-12-23(35)6-7-29(22,2)32(24,34)26(36)16-30(25,3)33(18,39)27(37)17-40-28(38)31-13-19-9-20(14-31)11-21(10-19)15-31/h6-7,12,18-21,24-26,36,39H,4-5,8-11,13-17H2,1-3H3/t18-,19?,20?,21?,24-,25-,26-,29-,30-,31?,32-,33-/m0/s1. The number of fused-ring (bicyclic) bond motifs is 5. The van der Waals surface area contributed by atoms with Gasteiger partial charge in [0.1, 0.15) is 5.60 Å². The molecule has 8 rings (SSSR count). The van der Waals surface area contributed by atoms with Gasteiger partial charge < -0.3 is 14.9 Å². The highest BCUT2D eigenvalue weighted by Gasteiger charge is 2.75. The summed E-state index contributed by atoms with van der Waals surface area (Å²) in [6, 6.07) is 0. The van der Waals surface area contributed by atoms with Crippen molar-refractivity contribution >= 4 is 17.5 Å². The number of carbonyl (C=O) groups excluding carboxylic acids is 3. The number of hydrogen-bond donors (Lipinski definition) is 2. The van der Waals surface area contributed by atoms with Gasteiger partial charge in [-0.2, -0.15) is 0 Å². The van der Waals surface area contributed by atoms with E-state index in [4.69, 9.17) is 4.74 Å². The van der Waals surface area contributed by atoms with E-state index in [0.29, 0.717) is 42.6 Å². The molecule has 0 heterocycles. The molecule has 8 atom stereocenters. The van der Waals surface area contributed by atoms with Crippen molar-refractivity contribution in [3.05, 3.63) is 23.8 Å². The molecule has 0 aromatic heterocycles. The first-order valence-electron chi connectivity index (χ1n) is 15.5. The van der Waals surface area contributed by atoms with E-state index in [1.165, 1.54) is 31.4 Å². The molecule has 0 saturated heterocycles. The zero-order chi connectivity index (χ0) is 28.5. The largest absolute Gasteiger partial charge is 0.457 e. The summed E-state index contributed by atoms with van der Waals surface area (Å²) in [5.41, 5.74) is -5.82. The Balaban J connectivity index is 1.14. The molecule has 0 radical (unpaired) electrons. The summed E-state index contributed by atoms with van der Waals surface area (Å²) in [5, 5.41) is 23.7. The first kappa shape index (κ1) is 27.0. The molecule has 0 aromatic rings. The van der Waals surface area contributed by atoms with E-state index in [1.54, 1.807) is 13.0 Å². The van der Waals surface area contributed by atoms with Gasteiger partial charge in [0.05, 0.1) is 11.5 Å². The van der Waals surface area contributed by atoms with Crippen LogP contribution in [0.15, 0.2) is 23.8 Å². The monoisotopic (exact) mass is 554 g/mol. The number of esters is 1. The molecule has 0 amide bonds. The summed E-state index contributed by atoms with van der Waals surface area (Å²) in [4.78, 5) is 39.4. The zero-order valence-corrected chi connectivity index (χ0v) is 24.0. The maximum atomic E-state index is 17.4. The number of alkyl halides is 1. The average molecular weight is 555 g/mol. The number of ether oxygens (including phenoxy) is 1. The number of aliphatic hydroxyl groups excluding tert-OH is 1. The lowest BCUT2D eigenvalue weighted by Gasteiger charge is -2.62. The zero-order valence-electron chi connectivity index (χ0n) is 24.0. The minimum atomic E-state index is -2.02. The maximum absolute atomic E-state index is 17.4. The summed E-state index contributed by atoms with van der Waals surface area (Å²) in [6.07, 6.45) is 10.5. The van der Waals surface area contributed by atoms with Crippen LogP contribution in [0.3, 0.4) is 0 Å². The van der Waals surface area contributed by atoms with Gasteiger partial charge in [-0.05, 0) is 113 Å². The second-order valence-electron chi connectivity index (χ2n) is 15.4. The summed E-state index contributed by atoms with van der Waals surface area (Å²) in [5.74, 6) is -0.674. The second-order valence-corrected chi connectivity index (χ2v) is 15.4. The van der Waals surface area contributed by atoms with Gasteiger partial charge in [0, 0.05) is 16.7 Å². The molecular weight excluding hydrogens is 511 g/mol. The Hall–Kier alpha value is -1.86. The molecule has 2 N–H and O–H groups in total. The Morgan fingerprint density at radius 1 is 1.02 bits per heavy atom. The Kier molecular flexibility index (Phi) is 5.65. The first-order valence-corrected chi connectivity index (χ1v) is 15.5. The molecule has 6 nitrogen and oxygen atoms in total. The fraction of sp³-hybridized carbons (Fsp3) is 0.788. The lowest BCUT2D eigenvalue weighted by Crippen LogP contribution is -2.69. The third-order valence-electron chi connectivity index (χ3n) is 13.5. The van der Waals surface area contributed by atoms with Crippen molar-refractivity contribution in [3.63, 3.8) is 0 Å². The van der Waals surface area contributed by atoms with Gasteiger partial charge in [-0.15, -0.1) is 0 Å². The van der Waals surface area contributed by atoms with Gasteiger partial charge in [-0.25, -0.2) is 4.39 Å². The molecule has 8 aliphatic rings. The number of allylic oxidation sites excluding steroid dienone is 4. The van der Waals surface area contributed by atoms with E-state index >= 15 is 4.39 Å². The van der Waals surface area contributed by atoms with E-state index in [1.807, 2.05) is 13.8 Å².